The van der Waals surface area contributed by atoms with E-state index in [1.54, 1.807) is 0 Å². The van der Waals surface area contributed by atoms with Gasteiger partial charge in [0, 0.05) is 5.54 Å². The van der Waals surface area contributed by atoms with E-state index in [0.29, 0.717) is 0 Å². The van der Waals surface area contributed by atoms with E-state index in [9.17, 15) is 0 Å². The smallest absolute Gasteiger partial charge is 0.245 e. The molecule has 0 aliphatic carbocycles. The monoisotopic (exact) mass is 510 g/mol. The average molecular weight is 511 g/mol. The van der Waals surface area contributed by atoms with Crippen molar-refractivity contribution in [2.75, 3.05) is 0 Å². The number of hydrogen-bond donors (Lipinski definition) is 2. The second-order valence-corrected chi connectivity index (χ2v) is 13.2. The molecule has 0 saturated carbocycles. The van der Waals surface area contributed by atoms with Gasteiger partial charge in [-0.15, -0.1) is 0 Å². The van der Waals surface area contributed by atoms with Gasteiger partial charge in [0.2, 0.25) is 7.37 Å². The van der Waals surface area contributed by atoms with Crippen LogP contribution in [0.3, 0.4) is 0 Å². The Morgan fingerprint density at radius 3 is 1.68 bits per heavy atom. The number of nitrogens with one attached hydrogen (secondary N) is 2. The van der Waals surface area contributed by atoms with Gasteiger partial charge in [-0.2, -0.15) is 0 Å². The zero-order valence-electron chi connectivity index (χ0n) is 21.6. The molecule has 4 nitrogen and oxygen atoms in total. The molecular weight excluding hydrogens is 475 g/mol. The van der Waals surface area contributed by atoms with Crippen LogP contribution in [0, 0.1) is 0 Å². The summed E-state index contributed by atoms with van der Waals surface area (Å²) in [6.45, 7) is 6.31. The van der Waals surface area contributed by atoms with Crippen molar-refractivity contribution in [2.45, 2.75) is 50.0 Å². The minimum atomic E-state index is -3.48. The molecule has 5 rings (SSSR count). The van der Waals surface area contributed by atoms with Gasteiger partial charge in [-0.3, -0.25) is 15.2 Å². The zero-order chi connectivity index (χ0) is 25.9. The topological polar surface area (TPSA) is 50.4 Å². The fourth-order valence-corrected chi connectivity index (χ4v) is 8.31. The van der Waals surface area contributed by atoms with Crippen LogP contribution in [0.4, 0.5) is 0 Å². The van der Waals surface area contributed by atoms with Crippen molar-refractivity contribution in [3.8, 4) is 0 Å². The minimum absolute atomic E-state index is 0.179. The summed E-state index contributed by atoms with van der Waals surface area (Å²) in [5, 5.41) is 7.51. The number of rotatable bonds is 6. The second-order valence-electron chi connectivity index (χ2n) is 10.7. The van der Waals surface area contributed by atoms with Crippen molar-refractivity contribution < 1.29 is 9.09 Å². The molecule has 1 aliphatic rings. The van der Waals surface area contributed by atoms with Crippen LogP contribution in [-0.2, 0) is 9.09 Å². The Kier molecular flexibility index (Phi) is 7.46. The predicted molar refractivity (Wildman–Crippen MR) is 151 cm³/mol. The summed E-state index contributed by atoms with van der Waals surface area (Å²) in [6.07, 6.45) is -0.428. The molecule has 1 fully saturated rings. The molecule has 2 N–H and O–H groups in total. The predicted octanol–water partition coefficient (Wildman–Crippen LogP) is 8.15. The molecule has 5 atom stereocenters. The van der Waals surface area contributed by atoms with Crippen LogP contribution in [0.2, 0.25) is 0 Å². The van der Waals surface area contributed by atoms with E-state index >= 15 is 4.57 Å². The summed E-state index contributed by atoms with van der Waals surface area (Å²) in [5.41, 5.74) is 3.71. The molecule has 1 saturated heterocycles. The van der Waals surface area contributed by atoms with E-state index in [1.807, 2.05) is 97.1 Å². The van der Waals surface area contributed by atoms with E-state index in [0.717, 1.165) is 22.3 Å². The molecular formula is C32H35N2O2P. The molecule has 1 aliphatic heterocycles. The molecule has 0 radical (unpaired) electrons. The molecule has 37 heavy (non-hydrogen) atoms. The third kappa shape index (κ3) is 5.63. The maximum Gasteiger partial charge on any atom is 0.245 e. The van der Waals surface area contributed by atoms with Gasteiger partial charge in [-0.25, -0.2) is 0 Å². The molecule has 0 aromatic heterocycles. The first-order valence-electron chi connectivity index (χ1n) is 12.9. The Balaban J connectivity index is 1.70. The summed E-state index contributed by atoms with van der Waals surface area (Å²) in [7, 11) is -3.48. The van der Waals surface area contributed by atoms with Crippen LogP contribution < -0.4 is 10.6 Å². The summed E-state index contributed by atoms with van der Waals surface area (Å²) in [6, 6.07) is 40.4. The SMILES string of the molecule is CC(C)(C)N[C@@H](c1ccccc1)P1(=O)O[C@@H](c2ccccc2)[C@@H](c2ccccc2)N[C@H]1c1ccccc1. The first-order chi connectivity index (χ1) is 17.9. The quantitative estimate of drug-likeness (QED) is 0.257. The molecule has 4 aromatic rings. The third-order valence-corrected chi connectivity index (χ3v) is 9.60. The van der Waals surface area contributed by atoms with E-state index < -0.39 is 25.0 Å². The second kappa shape index (κ2) is 10.8. The van der Waals surface area contributed by atoms with Crippen molar-refractivity contribution in [3.63, 3.8) is 0 Å². The van der Waals surface area contributed by atoms with Crippen LogP contribution >= 0.6 is 7.37 Å². The molecule has 0 bridgehead atoms. The van der Waals surface area contributed by atoms with Crippen LogP contribution in [0.25, 0.3) is 0 Å². The maximum absolute atomic E-state index is 15.6. The van der Waals surface area contributed by atoms with Crippen molar-refractivity contribution in [3.05, 3.63) is 144 Å². The molecule has 1 unspecified atom stereocenters. The largest absolute Gasteiger partial charge is 0.316 e. The summed E-state index contributed by atoms with van der Waals surface area (Å²) in [4.78, 5) is 0. The number of hydrogen-bond acceptors (Lipinski definition) is 4. The summed E-state index contributed by atoms with van der Waals surface area (Å²) in [5.74, 6) is -1.01. The van der Waals surface area contributed by atoms with Gasteiger partial charge in [0.15, 0.2) is 0 Å². The molecule has 0 amide bonds. The summed E-state index contributed by atoms with van der Waals surface area (Å²) >= 11 is 0. The lowest BCUT2D eigenvalue weighted by atomic mass is 9.95. The zero-order valence-corrected chi connectivity index (χ0v) is 22.5. The molecule has 1 heterocycles. The van der Waals surface area contributed by atoms with E-state index in [-0.39, 0.29) is 11.6 Å². The Hall–Kier alpha value is -3.01. The third-order valence-electron chi connectivity index (χ3n) is 6.73. The average Bonchev–Trinajstić information content (AvgIpc) is 2.93. The van der Waals surface area contributed by atoms with Crippen molar-refractivity contribution in [1.29, 1.82) is 0 Å². The molecule has 0 spiro atoms. The van der Waals surface area contributed by atoms with Gasteiger partial charge < -0.3 is 4.52 Å². The lowest BCUT2D eigenvalue weighted by molar-refractivity contribution is 0.116. The van der Waals surface area contributed by atoms with Gasteiger partial charge in [0.1, 0.15) is 17.7 Å². The van der Waals surface area contributed by atoms with Crippen molar-refractivity contribution >= 4 is 7.37 Å². The van der Waals surface area contributed by atoms with Gasteiger partial charge in [-0.1, -0.05) is 121 Å². The van der Waals surface area contributed by atoms with Crippen molar-refractivity contribution in [2.24, 2.45) is 0 Å². The highest BCUT2D eigenvalue weighted by atomic mass is 31.2. The fraction of sp³-hybridized carbons (Fsp3) is 0.250. The molecule has 190 valence electrons. The Morgan fingerprint density at radius 2 is 1.16 bits per heavy atom. The Bertz CT molecular complexity index is 1330. The minimum Gasteiger partial charge on any atom is -0.316 e. The van der Waals surface area contributed by atoms with Crippen LogP contribution in [-0.4, -0.2) is 5.54 Å². The molecule has 4 aromatic carbocycles. The van der Waals surface area contributed by atoms with E-state index in [1.165, 1.54) is 0 Å². The van der Waals surface area contributed by atoms with Crippen LogP contribution in [0.1, 0.15) is 66.7 Å². The maximum atomic E-state index is 15.6. The summed E-state index contributed by atoms with van der Waals surface area (Å²) < 4.78 is 22.5. The standard InChI is InChI=1S/C32H35N2O2P/c1-32(2,3)34-31(27-22-14-7-15-23-27)37(35)30(26-20-12-6-13-21-26)33-28(24-16-8-4-9-17-24)29(36-37)25-18-10-5-11-19-25/h4-23,28-31,33-34H,1-3H3/t28-,29+,30-,31-,37?/m1/s1. The van der Waals surface area contributed by atoms with Gasteiger partial charge in [0.05, 0.1) is 6.04 Å². The van der Waals surface area contributed by atoms with Crippen LogP contribution in [0.15, 0.2) is 121 Å². The lowest BCUT2D eigenvalue weighted by Crippen LogP contribution is -2.44. The highest BCUT2D eigenvalue weighted by Crippen LogP contribution is 2.73. The molecule has 5 heteroatoms. The van der Waals surface area contributed by atoms with Crippen molar-refractivity contribution in [1.82, 2.24) is 10.6 Å². The van der Waals surface area contributed by atoms with Gasteiger partial charge >= 0.3 is 0 Å². The highest BCUT2D eigenvalue weighted by molar-refractivity contribution is 7.59. The fourth-order valence-electron chi connectivity index (χ4n) is 5.06. The lowest BCUT2D eigenvalue weighted by Gasteiger charge is -2.47. The highest BCUT2D eigenvalue weighted by Gasteiger charge is 2.52. The van der Waals surface area contributed by atoms with Gasteiger partial charge in [0.25, 0.3) is 0 Å². The first kappa shape index (κ1) is 25.6. The first-order valence-corrected chi connectivity index (χ1v) is 14.6. The number of benzene rings is 4. The Morgan fingerprint density at radius 1 is 0.703 bits per heavy atom. The van der Waals surface area contributed by atoms with E-state index in [2.05, 4.69) is 55.7 Å². The van der Waals surface area contributed by atoms with E-state index in [4.69, 9.17) is 4.52 Å². The van der Waals surface area contributed by atoms with Crippen LogP contribution in [0.5, 0.6) is 0 Å². The van der Waals surface area contributed by atoms with Gasteiger partial charge in [-0.05, 0) is 43.0 Å². The normalized spacial score (nSPS) is 24.9. The Labute approximate surface area is 220 Å².